The van der Waals surface area contributed by atoms with Gasteiger partial charge in [0.1, 0.15) is 0 Å². The van der Waals surface area contributed by atoms with E-state index in [1.165, 1.54) is 37.8 Å². The molecule has 1 aromatic heterocycles. The third kappa shape index (κ3) is 2.80. The zero-order valence-corrected chi connectivity index (χ0v) is 11.3. The Morgan fingerprint density at radius 3 is 2.63 bits per heavy atom. The summed E-state index contributed by atoms with van der Waals surface area (Å²) in [6, 6.07) is 9.02. The molecule has 3 heteroatoms. The number of nitrogens with zero attached hydrogens (tertiary/aromatic N) is 1. The molecule has 3 rings (SSSR count). The van der Waals surface area contributed by atoms with E-state index in [-0.39, 0.29) is 0 Å². The molecule has 1 aliphatic carbocycles. The Morgan fingerprint density at radius 1 is 1.16 bits per heavy atom. The minimum Gasteiger partial charge on any atom is -0.444 e. The van der Waals surface area contributed by atoms with E-state index in [1.54, 1.807) is 6.20 Å². The Bertz CT molecular complexity index is 504. The minimum atomic E-state index is 0.616. The van der Waals surface area contributed by atoms with Crippen molar-refractivity contribution in [3.05, 3.63) is 36.9 Å². The number of aromatic nitrogens is 1. The van der Waals surface area contributed by atoms with E-state index in [9.17, 15) is 0 Å². The fraction of sp³-hybridized carbons (Fsp3) is 0.438. The minimum absolute atomic E-state index is 0.616. The maximum Gasteiger partial charge on any atom is 0.181 e. The molecular formula is C16H20N2O. The molecule has 1 aliphatic rings. The molecule has 19 heavy (non-hydrogen) atoms. The molecule has 3 nitrogen and oxygen atoms in total. The number of benzene rings is 1. The van der Waals surface area contributed by atoms with Crippen molar-refractivity contribution in [2.75, 3.05) is 5.32 Å². The van der Waals surface area contributed by atoms with Crippen LogP contribution >= 0.6 is 0 Å². The Hall–Kier alpha value is -1.77. The molecule has 1 heterocycles. The number of nitrogens with one attached hydrogen (secondary N) is 1. The van der Waals surface area contributed by atoms with Crippen LogP contribution in [0.15, 0.2) is 41.3 Å². The van der Waals surface area contributed by atoms with Crippen LogP contribution in [0.25, 0.3) is 11.3 Å². The standard InChI is InChI=1S/C16H20N2O/c1-12-4-2-3-5-15(12)18-14-8-6-13(7-9-14)16-10-17-11-19-16/h6-12,15,18H,2-5H2,1H3. The quantitative estimate of drug-likeness (QED) is 0.888. The molecule has 2 unspecified atom stereocenters. The fourth-order valence-electron chi connectivity index (χ4n) is 2.83. The molecule has 1 fully saturated rings. The Labute approximate surface area is 114 Å². The number of oxazole rings is 1. The summed E-state index contributed by atoms with van der Waals surface area (Å²) in [7, 11) is 0. The van der Waals surface area contributed by atoms with Crippen LogP contribution in [0.5, 0.6) is 0 Å². The maximum atomic E-state index is 5.29. The van der Waals surface area contributed by atoms with Crippen LogP contribution in [0, 0.1) is 5.92 Å². The van der Waals surface area contributed by atoms with E-state index >= 15 is 0 Å². The van der Waals surface area contributed by atoms with Crippen molar-refractivity contribution >= 4 is 5.69 Å². The molecule has 0 bridgehead atoms. The molecule has 0 aliphatic heterocycles. The van der Waals surface area contributed by atoms with E-state index in [1.807, 2.05) is 0 Å². The summed E-state index contributed by atoms with van der Waals surface area (Å²) < 4.78 is 5.29. The highest BCUT2D eigenvalue weighted by Gasteiger charge is 2.20. The van der Waals surface area contributed by atoms with Crippen molar-refractivity contribution in [2.45, 2.75) is 38.6 Å². The molecule has 2 aromatic rings. The first-order valence-electron chi connectivity index (χ1n) is 7.08. The molecule has 100 valence electrons. The van der Waals surface area contributed by atoms with Gasteiger partial charge in [-0.1, -0.05) is 19.8 Å². The van der Waals surface area contributed by atoms with Crippen LogP contribution in [0.4, 0.5) is 5.69 Å². The summed E-state index contributed by atoms with van der Waals surface area (Å²) in [4.78, 5) is 3.94. The van der Waals surface area contributed by atoms with E-state index in [0.29, 0.717) is 6.04 Å². The normalized spacial score (nSPS) is 23.2. The van der Waals surface area contributed by atoms with Crippen molar-refractivity contribution in [1.82, 2.24) is 4.98 Å². The average Bonchev–Trinajstić information content (AvgIpc) is 2.96. The fourth-order valence-corrected chi connectivity index (χ4v) is 2.83. The van der Waals surface area contributed by atoms with Crippen LogP contribution in [0.1, 0.15) is 32.6 Å². The number of hydrogen-bond donors (Lipinski definition) is 1. The van der Waals surface area contributed by atoms with Gasteiger partial charge in [-0.15, -0.1) is 0 Å². The van der Waals surface area contributed by atoms with Crippen LogP contribution in [-0.4, -0.2) is 11.0 Å². The summed E-state index contributed by atoms with van der Waals surface area (Å²) in [5.41, 5.74) is 2.27. The second-order valence-corrected chi connectivity index (χ2v) is 5.46. The van der Waals surface area contributed by atoms with E-state index in [4.69, 9.17) is 4.42 Å². The van der Waals surface area contributed by atoms with Gasteiger partial charge < -0.3 is 9.73 Å². The summed E-state index contributed by atoms with van der Waals surface area (Å²) >= 11 is 0. The van der Waals surface area contributed by atoms with Gasteiger partial charge in [0.15, 0.2) is 12.2 Å². The molecule has 0 saturated heterocycles. The Balaban J connectivity index is 1.69. The lowest BCUT2D eigenvalue weighted by Gasteiger charge is -2.30. The van der Waals surface area contributed by atoms with Gasteiger partial charge in [0.05, 0.1) is 6.20 Å². The van der Waals surface area contributed by atoms with Gasteiger partial charge in [-0.2, -0.15) is 0 Å². The van der Waals surface area contributed by atoms with Gasteiger partial charge in [-0.25, -0.2) is 4.98 Å². The van der Waals surface area contributed by atoms with Crippen molar-refractivity contribution in [3.8, 4) is 11.3 Å². The third-order valence-electron chi connectivity index (χ3n) is 4.07. The Morgan fingerprint density at radius 2 is 1.95 bits per heavy atom. The molecule has 2 atom stereocenters. The predicted octanol–water partition coefficient (Wildman–Crippen LogP) is 4.33. The highest BCUT2D eigenvalue weighted by atomic mass is 16.3. The summed E-state index contributed by atoms with van der Waals surface area (Å²) in [5.74, 6) is 1.58. The summed E-state index contributed by atoms with van der Waals surface area (Å²) in [5, 5.41) is 3.66. The lowest BCUT2D eigenvalue weighted by atomic mass is 9.86. The van der Waals surface area contributed by atoms with Crippen molar-refractivity contribution in [1.29, 1.82) is 0 Å². The largest absolute Gasteiger partial charge is 0.444 e. The lowest BCUT2D eigenvalue weighted by molar-refractivity contribution is 0.349. The number of hydrogen-bond acceptors (Lipinski definition) is 3. The molecule has 1 aromatic carbocycles. The predicted molar refractivity (Wildman–Crippen MR) is 77.0 cm³/mol. The second-order valence-electron chi connectivity index (χ2n) is 5.46. The first-order chi connectivity index (χ1) is 9.33. The van der Waals surface area contributed by atoms with Crippen LogP contribution < -0.4 is 5.32 Å². The SMILES string of the molecule is CC1CCCCC1Nc1ccc(-c2cnco2)cc1. The molecule has 0 radical (unpaired) electrons. The second kappa shape index (κ2) is 5.47. The number of anilines is 1. The molecule has 1 N–H and O–H groups in total. The molecule has 1 saturated carbocycles. The van der Waals surface area contributed by atoms with Crippen LogP contribution in [0.2, 0.25) is 0 Å². The van der Waals surface area contributed by atoms with Gasteiger partial charge >= 0.3 is 0 Å². The summed E-state index contributed by atoms with van der Waals surface area (Å²) in [6.45, 7) is 2.35. The molecular weight excluding hydrogens is 236 g/mol. The first kappa shape index (κ1) is 12.3. The summed E-state index contributed by atoms with van der Waals surface area (Å²) in [6.07, 6.45) is 8.55. The topological polar surface area (TPSA) is 38.1 Å². The van der Waals surface area contributed by atoms with Crippen molar-refractivity contribution in [3.63, 3.8) is 0 Å². The third-order valence-corrected chi connectivity index (χ3v) is 4.07. The van der Waals surface area contributed by atoms with Crippen LogP contribution in [-0.2, 0) is 0 Å². The molecule has 0 spiro atoms. The average molecular weight is 256 g/mol. The first-order valence-corrected chi connectivity index (χ1v) is 7.08. The monoisotopic (exact) mass is 256 g/mol. The van der Waals surface area contributed by atoms with E-state index < -0.39 is 0 Å². The van der Waals surface area contributed by atoms with E-state index in [0.717, 1.165) is 17.2 Å². The van der Waals surface area contributed by atoms with Gasteiger partial charge in [-0.3, -0.25) is 0 Å². The van der Waals surface area contributed by atoms with Crippen molar-refractivity contribution < 1.29 is 4.42 Å². The highest BCUT2D eigenvalue weighted by molar-refractivity contribution is 5.60. The van der Waals surface area contributed by atoms with Gasteiger partial charge in [0.25, 0.3) is 0 Å². The lowest BCUT2D eigenvalue weighted by Crippen LogP contribution is -2.30. The Kier molecular flexibility index (Phi) is 3.53. The van der Waals surface area contributed by atoms with Crippen molar-refractivity contribution in [2.24, 2.45) is 5.92 Å². The number of rotatable bonds is 3. The zero-order valence-electron chi connectivity index (χ0n) is 11.3. The maximum absolute atomic E-state index is 5.29. The highest BCUT2D eigenvalue weighted by Crippen LogP contribution is 2.27. The smallest absolute Gasteiger partial charge is 0.181 e. The van der Waals surface area contributed by atoms with Gasteiger partial charge in [-0.05, 0) is 43.0 Å². The zero-order chi connectivity index (χ0) is 13.1. The van der Waals surface area contributed by atoms with Gasteiger partial charge in [0.2, 0.25) is 0 Å². The molecule has 0 amide bonds. The van der Waals surface area contributed by atoms with Gasteiger partial charge in [0, 0.05) is 17.3 Å². The van der Waals surface area contributed by atoms with E-state index in [2.05, 4.69) is 41.5 Å². The van der Waals surface area contributed by atoms with Crippen LogP contribution in [0.3, 0.4) is 0 Å².